The SMILES string of the molecule is N#CC1CCN(C(=O)c2ccc(F)c(F)c2)CC1. The van der Waals surface area contributed by atoms with E-state index in [0.29, 0.717) is 25.9 Å². The highest BCUT2D eigenvalue weighted by Crippen LogP contribution is 2.19. The van der Waals surface area contributed by atoms with E-state index in [4.69, 9.17) is 5.26 Å². The van der Waals surface area contributed by atoms with Gasteiger partial charge >= 0.3 is 0 Å². The summed E-state index contributed by atoms with van der Waals surface area (Å²) in [6, 6.07) is 5.31. The number of nitriles is 1. The summed E-state index contributed by atoms with van der Waals surface area (Å²) >= 11 is 0. The van der Waals surface area contributed by atoms with Crippen LogP contribution < -0.4 is 0 Å². The Kier molecular flexibility index (Phi) is 3.56. The molecule has 3 nitrogen and oxygen atoms in total. The third-order valence-corrected chi connectivity index (χ3v) is 3.13. The summed E-state index contributed by atoms with van der Waals surface area (Å²) in [6.45, 7) is 0.964. The van der Waals surface area contributed by atoms with Gasteiger partial charge in [-0.1, -0.05) is 0 Å². The van der Waals surface area contributed by atoms with Gasteiger partial charge in [0.2, 0.25) is 0 Å². The first-order valence-electron chi connectivity index (χ1n) is 5.75. The fourth-order valence-electron chi connectivity index (χ4n) is 2.02. The Hall–Kier alpha value is -1.96. The largest absolute Gasteiger partial charge is 0.339 e. The molecule has 0 radical (unpaired) electrons. The van der Waals surface area contributed by atoms with Gasteiger partial charge in [-0.2, -0.15) is 5.26 Å². The van der Waals surface area contributed by atoms with E-state index in [1.165, 1.54) is 6.07 Å². The maximum Gasteiger partial charge on any atom is 0.253 e. The van der Waals surface area contributed by atoms with E-state index in [0.717, 1.165) is 12.1 Å². The molecular formula is C13H12F2N2O. The summed E-state index contributed by atoms with van der Waals surface area (Å²) in [5.74, 6) is -2.31. The maximum absolute atomic E-state index is 13.0. The summed E-state index contributed by atoms with van der Waals surface area (Å²) in [6.07, 6.45) is 1.26. The lowest BCUT2D eigenvalue weighted by Gasteiger charge is -2.29. The van der Waals surface area contributed by atoms with Crippen molar-refractivity contribution in [2.45, 2.75) is 12.8 Å². The van der Waals surface area contributed by atoms with Crippen LogP contribution >= 0.6 is 0 Å². The molecule has 1 aliphatic rings. The van der Waals surface area contributed by atoms with E-state index in [9.17, 15) is 13.6 Å². The summed E-state index contributed by atoms with van der Waals surface area (Å²) in [5, 5.41) is 8.76. The summed E-state index contributed by atoms with van der Waals surface area (Å²) < 4.78 is 25.8. The Morgan fingerprint density at radius 1 is 1.28 bits per heavy atom. The molecule has 0 unspecified atom stereocenters. The Labute approximate surface area is 104 Å². The van der Waals surface area contributed by atoms with Crippen molar-refractivity contribution < 1.29 is 13.6 Å². The van der Waals surface area contributed by atoms with E-state index in [2.05, 4.69) is 6.07 Å². The van der Waals surface area contributed by atoms with Crippen LogP contribution in [0, 0.1) is 28.9 Å². The predicted octanol–water partition coefficient (Wildman–Crippen LogP) is 2.34. The van der Waals surface area contributed by atoms with E-state index in [1.54, 1.807) is 4.90 Å². The van der Waals surface area contributed by atoms with Gasteiger partial charge in [0.1, 0.15) is 0 Å². The molecule has 0 spiro atoms. The van der Waals surface area contributed by atoms with E-state index < -0.39 is 11.6 Å². The lowest BCUT2D eigenvalue weighted by molar-refractivity contribution is 0.0706. The number of nitrogens with zero attached hydrogens (tertiary/aromatic N) is 2. The average molecular weight is 250 g/mol. The van der Waals surface area contributed by atoms with Crippen LogP contribution in [0.1, 0.15) is 23.2 Å². The molecule has 18 heavy (non-hydrogen) atoms. The molecule has 5 heteroatoms. The molecule has 0 saturated carbocycles. The number of rotatable bonds is 1. The summed E-state index contributed by atoms with van der Waals surface area (Å²) in [5.41, 5.74) is 0.143. The van der Waals surface area contributed by atoms with Crippen LogP contribution in [-0.4, -0.2) is 23.9 Å². The highest BCUT2D eigenvalue weighted by molar-refractivity contribution is 5.94. The molecule has 1 aromatic rings. The topological polar surface area (TPSA) is 44.1 Å². The zero-order valence-electron chi connectivity index (χ0n) is 9.70. The van der Waals surface area contributed by atoms with Gasteiger partial charge in [0, 0.05) is 24.6 Å². The van der Waals surface area contributed by atoms with Crippen LogP contribution in [0.15, 0.2) is 18.2 Å². The molecule has 0 aromatic heterocycles. The standard InChI is InChI=1S/C13H12F2N2O/c14-11-2-1-10(7-12(11)15)13(18)17-5-3-9(8-16)4-6-17/h1-2,7,9H,3-6H2. The first-order chi connectivity index (χ1) is 8.61. The Morgan fingerprint density at radius 2 is 1.94 bits per heavy atom. The first-order valence-corrected chi connectivity index (χ1v) is 5.75. The van der Waals surface area contributed by atoms with Crippen molar-refractivity contribution in [1.82, 2.24) is 4.90 Å². The Bertz CT molecular complexity index is 502. The van der Waals surface area contributed by atoms with Crippen molar-refractivity contribution in [2.75, 3.05) is 13.1 Å². The van der Waals surface area contributed by atoms with Gasteiger partial charge in [0.25, 0.3) is 5.91 Å². The molecule has 1 fully saturated rings. The quantitative estimate of drug-likeness (QED) is 0.767. The highest BCUT2D eigenvalue weighted by atomic mass is 19.2. The molecule has 1 aromatic carbocycles. The minimum absolute atomic E-state index is 0.0148. The lowest BCUT2D eigenvalue weighted by atomic mass is 9.98. The van der Waals surface area contributed by atoms with Gasteiger partial charge in [-0.15, -0.1) is 0 Å². The van der Waals surface area contributed by atoms with E-state index in [1.807, 2.05) is 0 Å². The fraction of sp³-hybridized carbons (Fsp3) is 0.385. The number of carbonyl (C=O) groups excluding carboxylic acids is 1. The molecule has 0 atom stereocenters. The first kappa shape index (κ1) is 12.5. The molecule has 2 rings (SSSR count). The molecule has 1 saturated heterocycles. The van der Waals surface area contributed by atoms with Crippen molar-refractivity contribution >= 4 is 5.91 Å². The molecular weight excluding hydrogens is 238 g/mol. The van der Waals surface area contributed by atoms with Crippen molar-refractivity contribution in [2.24, 2.45) is 5.92 Å². The van der Waals surface area contributed by atoms with Gasteiger partial charge in [-0.3, -0.25) is 4.79 Å². The van der Waals surface area contributed by atoms with Crippen LogP contribution in [0.25, 0.3) is 0 Å². The Balaban J connectivity index is 2.08. The number of piperidine rings is 1. The lowest BCUT2D eigenvalue weighted by Crippen LogP contribution is -2.38. The number of carbonyl (C=O) groups is 1. The number of hydrogen-bond acceptors (Lipinski definition) is 2. The minimum atomic E-state index is -1.02. The van der Waals surface area contributed by atoms with Crippen LogP contribution in [0.3, 0.4) is 0 Å². The van der Waals surface area contributed by atoms with Crippen LogP contribution in [0.4, 0.5) is 8.78 Å². The van der Waals surface area contributed by atoms with Crippen molar-refractivity contribution in [1.29, 1.82) is 5.26 Å². The number of benzene rings is 1. The molecule has 1 aliphatic heterocycles. The molecule has 1 amide bonds. The van der Waals surface area contributed by atoms with Crippen LogP contribution in [0.2, 0.25) is 0 Å². The Morgan fingerprint density at radius 3 is 2.50 bits per heavy atom. The van der Waals surface area contributed by atoms with Gasteiger partial charge in [0.05, 0.1) is 6.07 Å². The highest BCUT2D eigenvalue weighted by Gasteiger charge is 2.23. The van der Waals surface area contributed by atoms with E-state index in [-0.39, 0.29) is 17.4 Å². The molecule has 0 aliphatic carbocycles. The number of amides is 1. The monoisotopic (exact) mass is 250 g/mol. The molecule has 1 heterocycles. The van der Waals surface area contributed by atoms with E-state index >= 15 is 0 Å². The average Bonchev–Trinajstić information content (AvgIpc) is 2.41. The number of hydrogen-bond donors (Lipinski definition) is 0. The fourth-order valence-corrected chi connectivity index (χ4v) is 2.02. The third-order valence-electron chi connectivity index (χ3n) is 3.13. The van der Waals surface area contributed by atoms with Crippen molar-refractivity contribution in [3.63, 3.8) is 0 Å². The third kappa shape index (κ3) is 2.48. The second kappa shape index (κ2) is 5.13. The minimum Gasteiger partial charge on any atom is -0.339 e. The van der Waals surface area contributed by atoms with Gasteiger partial charge in [-0.25, -0.2) is 8.78 Å². The zero-order chi connectivity index (χ0) is 13.1. The van der Waals surface area contributed by atoms with Crippen molar-refractivity contribution in [3.05, 3.63) is 35.4 Å². The molecule has 0 N–H and O–H groups in total. The second-order valence-electron chi connectivity index (χ2n) is 4.32. The summed E-state index contributed by atoms with van der Waals surface area (Å²) in [7, 11) is 0. The second-order valence-corrected chi connectivity index (χ2v) is 4.32. The van der Waals surface area contributed by atoms with Crippen LogP contribution in [0.5, 0.6) is 0 Å². The van der Waals surface area contributed by atoms with Gasteiger partial charge in [-0.05, 0) is 31.0 Å². The molecule has 0 bridgehead atoms. The van der Waals surface area contributed by atoms with Gasteiger partial charge in [0.15, 0.2) is 11.6 Å². The number of halogens is 2. The van der Waals surface area contributed by atoms with Crippen LogP contribution in [-0.2, 0) is 0 Å². The zero-order valence-corrected chi connectivity index (χ0v) is 9.70. The summed E-state index contributed by atoms with van der Waals surface area (Å²) in [4.78, 5) is 13.6. The predicted molar refractivity (Wildman–Crippen MR) is 60.6 cm³/mol. The van der Waals surface area contributed by atoms with Crippen molar-refractivity contribution in [3.8, 4) is 6.07 Å². The maximum atomic E-state index is 13.0. The normalized spacial score (nSPS) is 16.4. The van der Waals surface area contributed by atoms with Gasteiger partial charge < -0.3 is 4.90 Å². The smallest absolute Gasteiger partial charge is 0.253 e. The number of likely N-dealkylation sites (tertiary alicyclic amines) is 1. The molecule has 94 valence electrons.